The fourth-order valence-electron chi connectivity index (χ4n) is 3.93. The van der Waals surface area contributed by atoms with Gasteiger partial charge in [-0.3, -0.25) is 4.90 Å². The first-order valence-corrected chi connectivity index (χ1v) is 9.48. The summed E-state index contributed by atoms with van der Waals surface area (Å²) < 4.78 is 0. The Kier molecular flexibility index (Phi) is 6.17. The molecule has 3 rings (SSSR count). The lowest BCUT2D eigenvalue weighted by Gasteiger charge is -2.36. The average molecular weight is 354 g/mol. The number of para-hydroxylation sites is 1. The quantitative estimate of drug-likeness (QED) is 0.829. The van der Waals surface area contributed by atoms with Crippen molar-refractivity contribution in [2.45, 2.75) is 50.9 Å². The molecule has 0 heterocycles. The topological polar surface area (TPSA) is 46.9 Å². The van der Waals surface area contributed by atoms with Gasteiger partial charge < -0.3 is 15.1 Å². The molecule has 1 aliphatic carbocycles. The number of benzene rings is 2. The Labute approximate surface area is 156 Å². The standard InChI is InChI=1S/C22H30N2O2/c1-23(2)22-9-4-3-7-18(22)16-24(19-10-12-20(25)13-11-19)15-17-6-5-8-21(26)14-17/h3-9,14,19-20,25-26H,10-13,15-16H2,1-2H3. The molecule has 2 aromatic rings. The molecule has 140 valence electrons. The SMILES string of the molecule is CN(C)c1ccccc1CN(Cc1cccc(O)c1)C1CCC(O)CC1. The van der Waals surface area contributed by atoms with Crippen molar-refractivity contribution in [1.82, 2.24) is 4.90 Å². The van der Waals surface area contributed by atoms with Crippen LogP contribution in [0.3, 0.4) is 0 Å². The number of aliphatic hydroxyl groups is 1. The van der Waals surface area contributed by atoms with Gasteiger partial charge in [-0.15, -0.1) is 0 Å². The van der Waals surface area contributed by atoms with Gasteiger partial charge >= 0.3 is 0 Å². The number of phenols is 1. The van der Waals surface area contributed by atoms with Crippen LogP contribution >= 0.6 is 0 Å². The summed E-state index contributed by atoms with van der Waals surface area (Å²) in [5.74, 6) is 0.315. The molecule has 0 spiro atoms. The van der Waals surface area contributed by atoms with Gasteiger partial charge in [0.15, 0.2) is 0 Å². The van der Waals surface area contributed by atoms with Crippen LogP contribution in [0.4, 0.5) is 5.69 Å². The number of phenolic OH excluding ortho intramolecular Hbond substituents is 1. The lowest BCUT2D eigenvalue weighted by molar-refractivity contribution is 0.0666. The highest BCUT2D eigenvalue weighted by Crippen LogP contribution is 2.29. The van der Waals surface area contributed by atoms with E-state index in [2.05, 4.69) is 54.2 Å². The average Bonchev–Trinajstić information content (AvgIpc) is 2.62. The van der Waals surface area contributed by atoms with Gasteiger partial charge in [0.05, 0.1) is 6.10 Å². The molecular weight excluding hydrogens is 324 g/mol. The summed E-state index contributed by atoms with van der Waals surface area (Å²) in [5.41, 5.74) is 3.67. The second-order valence-corrected chi connectivity index (χ2v) is 7.56. The van der Waals surface area contributed by atoms with Gasteiger partial charge in [-0.2, -0.15) is 0 Å². The molecule has 4 heteroatoms. The number of aromatic hydroxyl groups is 1. The Bertz CT molecular complexity index is 709. The predicted molar refractivity (Wildman–Crippen MR) is 106 cm³/mol. The highest BCUT2D eigenvalue weighted by molar-refractivity contribution is 5.52. The molecule has 1 fully saturated rings. The van der Waals surface area contributed by atoms with Crippen LogP contribution in [-0.4, -0.2) is 41.4 Å². The van der Waals surface area contributed by atoms with Crippen LogP contribution in [0.2, 0.25) is 0 Å². The van der Waals surface area contributed by atoms with Gasteiger partial charge in [-0.25, -0.2) is 0 Å². The van der Waals surface area contributed by atoms with Crippen LogP contribution in [0.15, 0.2) is 48.5 Å². The fraction of sp³-hybridized carbons (Fsp3) is 0.455. The Hall–Kier alpha value is -2.04. The zero-order valence-corrected chi connectivity index (χ0v) is 15.8. The molecular formula is C22H30N2O2. The van der Waals surface area contributed by atoms with Gasteiger partial charge in [-0.1, -0.05) is 30.3 Å². The Balaban J connectivity index is 1.83. The summed E-state index contributed by atoms with van der Waals surface area (Å²) in [6.45, 7) is 1.67. The van der Waals surface area contributed by atoms with Gasteiger partial charge in [0.2, 0.25) is 0 Å². The molecule has 0 aromatic heterocycles. The van der Waals surface area contributed by atoms with Crippen LogP contribution < -0.4 is 4.90 Å². The van der Waals surface area contributed by atoms with Crippen LogP contribution in [-0.2, 0) is 13.1 Å². The van der Waals surface area contributed by atoms with E-state index in [4.69, 9.17) is 0 Å². The largest absolute Gasteiger partial charge is 0.508 e. The van der Waals surface area contributed by atoms with Crippen molar-refractivity contribution >= 4 is 5.69 Å². The summed E-state index contributed by atoms with van der Waals surface area (Å²) in [5, 5.41) is 19.7. The molecule has 0 unspecified atom stereocenters. The second kappa shape index (κ2) is 8.56. The molecule has 1 saturated carbocycles. The Morgan fingerprint density at radius 2 is 1.65 bits per heavy atom. The molecule has 0 saturated heterocycles. The summed E-state index contributed by atoms with van der Waals surface area (Å²) >= 11 is 0. The third kappa shape index (κ3) is 4.77. The van der Waals surface area contributed by atoms with E-state index in [0.29, 0.717) is 11.8 Å². The molecule has 26 heavy (non-hydrogen) atoms. The van der Waals surface area contributed by atoms with Crippen molar-refractivity contribution in [2.24, 2.45) is 0 Å². The lowest BCUT2D eigenvalue weighted by Crippen LogP contribution is -2.38. The number of hydrogen-bond donors (Lipinski definition) is 2. The van der Waals surface area contributed by atoms with Crippen molar-refractivity contribution in [1.29, 1.82) is 0 Å². The Morgan fingerprint density at radius 3 is 2.35 bits per heavy atom. The van der Waals surface area contributed by atoms with Crippen LogP contribution in [0.25, 0.3) is 0 Å². The third-order valence-corrected chi connectivity index (χ3v) is 5.33. The molecule has 2 N–H and O–H groups in total. The van der Waals surface area contributed by atoms with Crippen LogP contribution in [0.5, 0.6) is 5.75 Å². The van der Waals surface area contributed by atoms with Gasteiger partial charge in [-0.05, 0) is 55.0 Å². The maximum Gasteiger partial charge on any atom is 0.115 e. The fourth-order valence-corrected chi connectivity index (χ4v) is 3.93. The minimum atomic E-state index is -0.150. The van der Waals surface area contributed by atoms with Gasteiger partial charge in [0, 0.05) is 38.9 Å². The van der Waals surface area contributed by atoms with Gasteiger partial charge in [0.25, 0.3) is 0 Å². The van der Waals surface area contributed by atoms with Gasteiger partial charge in [0.1, 0.15) is 5.75 Å². The van der Waals surface area contributed by atoms with Crippen molar-refractivity contribution < 1.29 is 10.2 Å². The minimum absolute atomic E-state index is 0.150. The van der Waals surface area contributed by atoms with E-state index in [9.17, 15) is 10.2 Å². The zero-order chi connectivity index (χ0) is 18.5. The smallest absolute Gasteiger partial charge is 0.115 e. The maximum absolute atomic E-state index is 9.88. The van der Waals surface area contributed by atoms with Crippen LogP contribution in [0.1, 0.15) is 36.8 Å². The minimum Gasteiger partial charge on any atom is -0.508 e. The molecule has 0 amide bonds. The van der Waals surface area contributed by atoms with E-state index in [1.807, 2.05) is 12.1 Å². The highest BCUT2D eigenvalue weighted by atomic mass is 16.3. The summed E-state index contributed by atoms with van der Waals surface area (Å²) in [7, 11) is 4.16. The number of anilines is 1. The van der Waals surface area contributed by atoms with Crippen molar-refractivity contribution in [2.75, 3.05) is 19.0 Å². The molecule has 4 nitrogen and oxygen atoms in total. The van der Waals surface area contributed by atoms with Crippen molar-refractivity contribution in [3.63, 3.8) is 0 Å². The number of rotatable bonds is 6. The molecule has 1 aliphatic rings. The second-order valence-electron chi connectivity index (χ2n) is 7.56. The maximum atomic E-state index is 9.88. The van der Waals surface area contributed by atoms with E-state index in [1.54, 1.807) is 6.07 Å². The van der Waals surface area contributed by atoms with E-state index in [-0.39, 0.29) is 6.10 Å². The number of hydrogen-bond acceptors (Lipinski definition) is 4. The first-order valence-electron chi connectivity index (χ1n) is 9.48. The summed E-state index contributed by atoms with van der Waals surface area (Å²) in [4.78, 5) is 4.66. The number of aliphatic hydroxyl groups excluding tert-OH is 1. The molecule has 0 radical (unpaired) electrons. The highest BCUT2D eigenvalue weighted by Gasteiger charge is 2.25. The third-order valence-electron chi connectivity index (χ3n) is 5.33. The summed E-state index contributed by atoms with van der Waals surface area (Å²) in [6.07, 6.45) is 3.63. The monoisotopic (exact) mass is 354 g/mol. The van der Waals surface area contributed by atoms with Crippen molar-refractivity contribution in [3.05, 3.63) is 59.7 Å². The summed E-state index contributed by atoms with van der Waals surface area (Å²) in [6, 6.07) is 16.5. The Morgan fingerprint density at radius 1 is 0.923 bits per heavy atom. The van der Waals surface area contributed by atoms with E-state index in [0.717, 1.165) is 44.3 Å². The van der Waals surface area contributed by atoms with E-state index < -0.39 is 0 Å². The first kappa shape index (κ1) is 18.7. The first-order chi connectivity index (χ1) is 12.5. The lowest BCUT2D eigenvalue weighted by atomic mass is 9.91. The molecule has 0 aliphatic heterocycles. The van der Waals surface area contributed by atoms with E-state index in [1.165, 1.54) is 11.3 Å². The normalized spacial score (nSPS) is 20.3. The van der Waals surface area contributed by atoms with Crippen molar-refractivity contribution in [3.8, 4) is 5.75 Å². The predicted octanol–water partition coefficient (Wildman–Crippen LogP) is 3.76. The molecule has 2 aromatic carbocycles. The number of nitrogens with zero attached hydrogens (tertiary/aromatic N) is 2. The molecule has 0 atom stereocenters. The zero-order valence-electron chi connectivity index (χ0n) is 15.8. The van der Waals surface area contributed by atoms with Crippen LogP contribution in [0, 0.1) is 0 Å². The van der Waals surface area contributed by atoms with E-state index >= 15 is 0 Å². The molecule has 0 bridgehead atoms.